The molecule has 0 amide bonds. The van der Waals surface area contributed by atoms with Crippen LogP contribution in [-0.4, -0.2) is 18.5 Å². The van der Waals surface area contributed by atoms with Crippen molar-refractivity contribution in [2.24, 2.45) is 5.14 Å². The van der Waals surface area contributed by atoms with E-state index < -0.39 is 38.4 Å². The van der Waals surface area contributed by atoms with Gasteiger partial charge in [-0.05, 0) is 0 Å². The number of rotatable bonds is 2. The van der Waals surface area contributed by atoms with Crippen LogP contribution in [0.4, 0.5) is 8.78 Å². The zero-order valence-corrected chi connectivity index (χ0v) is 8.37. The summed E-state index contributed by atoms with van der Waals surface area (Å²) >= 11 is 0. The van der Waals surface area contributed by atoms with Gasteiger partial charge >= 0.3 is 0 Å². The van der Waals surface area contributed by atoms with Crippen LogP contribution in [0.5, 0.6) is 5.75 Å². The highest BCUT2D eigenvalue weighted by Crippen LogP contribution is 2.34. The number of hydrogen-bond acceptors (Lipinski definition) is 5. The van der Waals surface area contributed by atoms with Gasteiger partial charge in [0.25, 0.3) is 16.4 Å². The molecule has 0 aliphatic rings. The highest BCUT2D eigenvalue weighted by Gasteiger charge is 2.26. The first kappa shape index (κ1) is 12.3. The molecular weight excluding hydrogens is 244 g/mol. The van der Waals surface area contributed by atoms with E-state index in [1.807, 2.05) is 0 Å². The summed E-state index contributed by atoms with van der Waals surface area (Å²) in [5.74, 6) is -1.29. The predicted molar refractivity (Wildman–Crippen MR) is 46.9 cm³/mol. The molecule has 0 radical (unpaired) electrons. The molecule has 0 spiro atoms. The maximum atomic E-state index is 12.5. The number of nitrogens with zero attached hydrogens (tertiary/aromatic N) is 2. The first-order valence-corrected chi connectivity index (χ1v) is 5.26. The monoisotopic (exact) mass is 249 g/mol. The molecule has 1 aromatic rings. The predicted octanol–water partition coefficient (Wildman–Crippen LogP) is 0.244. The van der Waals surface area contributed by atoms with Crippen molar-refractivity contribution in [2.45, 2.75) is 11.5 Å². The van der Waals surface area contributed by atoms with Crippen LogP contribution in [0.15, 0.2) is 11.2 Å². The van der Waals surface area contributed by atoms with Crippen molar-refractivity contribution in [3.05, 3.63) is 17.3 Å². The van der Waals surface area contributed by atoms with E-state index in [9.17, 15) is 22.3 Å². The largest absolute Gasteiger partial charge is 0.504 e. The molecule has 86 valence electrons. The topological polar surface area (TPSA) is 117 Å². The number of aromatic hydroxyl groups is 1. The van der Waals surface area contributed by atoms with E-state index in [4.69, 9.17) is 5.26 Å². The van der Waals surface area contributed by atoms with Crippen molar-refractivity contribution in [1.82, 2.24) is 4.98 Å². The number of halogens is 2. The van der Waals surface area contributed by atoms with Gasteiger partial charge in [-0.2, -0.15) is 5.26 Å². The highest BCUT2D eigenvalue weighted by molar-refractivity contribution is 7.89. The summed E-state index contributed by atoms with van der Waals surface area (Å²) in [5.41, 5.74) is -1.71. The minimum atomic E-state index is -4.42. The summed E-state index contributed by atoms with van der Waals surface area (Å²) in [6, 6.07) is 1.36. The molecule has 0 fully saturated rings. The van der Waals surface area contributed by atoms with E-state index in [1.54, 1.807) is 0 Å². The molecule has 1 aromatic heterocycles. The molecule has 3 N–H and O–H groups in total. The van der Waals surface area contributed by atoms with Gasteiger partial charge in [-0.1, -0.05) is 0 Å². The normalized spacial score (nSPS) is 11.4. The van der Waals surface area contributed by atoms with Gasteiger partial charge in [0.1, 0.15) is 6.07 Å². The van der Waals surface area contributed by atoms with Gasteiger partial charge in [0.05, 0.1) is 11.1 Å². The second kappa shape index (κ2) is 3.99. The molecule has 0 unspecified atom stereocenters. The van der Waals surface area contributed by atoms with E-state index in [2.05, 4.69) is 10.1 Å². The Kier molecular flexibility index (Phi) is 3.06. The molecule has 0 aliphatic heterocycles. The van der Waals surface area contributed by atoms with E-state index in [0.717, 1.165) is 0 Å². The van der Waals surface area contributed by atoms with Crippen LogP contribution >= 0.6 is 0 Å². The Bertz CT molecular complexity index is 565. The third-order valence-corrected chi connectivity index (χ3v) is 2.50. The van der Waals surface area contributed by atoms with Crippen LogP contribution in [0.1, 0.15) is 17.6 Å². The van der Waals surface area contributed by atoms with Gasteiger partial charge in [-0.25, -0.2) is 27.3 Å². The van der Waals surface area contributed by atoms with Gasteiger partial charge in [0.15, 0.2) is 5.75 Å². The van der Waals surface area contributed by atoms with Gasteiger partial charge in [-0.3, -0.25) is 0 Å². The Balaban J connectivity index is 3.65. The van der Waals surface area contributed by atoms with Crippen LogP contribution in [0.25, 0.3) is 0 Å². The summed E-state index contributed by atoms with van der Waals surface area (Å²) in [6.45, 7) is 0. The van der Waals surface area contributed by atoms with Gasteiger partial charge in [0, 0.05) is 6.20 Å². The molecular formula is C7H5F2N3O3S. The first-order valence-electron chi connectivity index (χ1n) is 3.72. The minimum absolute atomic E-state index is 0.611. The summed E-state index contributed by atoms with van der Waals surface area (Å²) < 4.78 is 46.6. The lowest BCUT2D eigenvalue weighted by atomic mass is 10.1. The molecule has 0 aromatic carbocycles. The van der Waals surface area contributed by atoms with Crippen molar-refractivity contribution < 1.29 is 22.3 Å². The van der Waals surface area contributed by atoms with Gasteiger partial charge in [-0.15, -0.1) is 0 Å². The lowest BCUT2D eigenvalue weighted by Crippen LogP contribution is -2.15. The Morgan fingerprint density at radius 3 is 2.50 bits per heavy atom. The van der Waals surface area contributed by atoms with Crippen LogP contribution in [0.3, 0.4) is 0 Å². The molecule has 1 rings (SSSR count). The SMILES string of the molecule is N#Cc1cnc(S(N)(=O)=O)c(O)c1C(F)F. The number of nitriles is 1. The maximum Gasteiger partial charge on any atom is 0.268 e. The van der Waals surface area contributed by atoms with Crippen LogP contribution in [0.2, 0.25) is 0 Å². The fourth-order valence-electron chi connectivity index (χ4n) is 1.01. The van der Waals surface area contributed by atoms with Crippen molar-refractivity contribution in [1.29, 1.82) is 5.26 Å². The van der Waals surface area contributed by atoms with E-state index >= 15 is 0 Å². The van der Waals surface area contributed by atoms with Crippen molar-refractivity contribution in [3.8, 4) is 11.8 Å². The fourth-order valence-corrected chi connectivity index (χ4v) is 1.59. The lowest BCUT2D eigenvalue weighted by molar-refractivity contribution is 0.146. The van der Waals surface area contributed by atoms with Gasteiger partial charge in [0.2, 0.25) is 5.03 Å². The molecule has 0 bridgehead atoms. The lowest BCUT2D eigenvalue weighted by Gasteiger charge is -2.08. The number of pyridine rings is 1. The summed E-state index contributed by atoms with van der Waals surface area (Å²) in [6.07, 6.45) is -2.60. The maximum absolute atomic E-state index is 12.5. The number of aromatic nitrogens is 1. The standard InChI is InChI=1S/C7H5F2N3O3S/c8-6(9)4-3(1-10)2-12-7(5(4)13)16(11,14)15/h2,6,13H,(H2,11,14,15). The number of sulfonamides is 1. The van der Waals surface area contributed by atoms with Crippen LogP contribution in [0, 0.1) is 11.3 Å². The highest BCUT2D eigenvalue weighted by atomic mass is 32.2. The fraction of sp³-hybridized carbons (Fsp3) is 0.143. The number of nitrogens with two attached hydrogens (primary N) is 1. The molecule has 0 atom stereocenters. The van der Waals surface area contributed by atoms with Gasteiger partial charge < -0.3 is 5.11 Å². The second-order valence-electron chi connectivity index (χ2n) is 2.70. The Labute approximate surface area is 89.0 Å². The molecule has 0 aliphatic carbocycles. The zero-order chi connectivity index (χ0) is 12.5. The second-order valence-corrected chi connectivity index (χ2v) is 4.17. The van der Waals surface area contributed by atoms with E-state index in [-0.39, 0.29) is 0 Å². The van der Waals surface area contributed by atoms with E-state index in [1.165, 1.54) is 6.07 Å². The zero-order valence-electron chi connectivity index (χ0n) is 7.55. The third-order valence-electron chi connectivity index (χ3n) is 1.67. The van der Waals surface area contributed by atoms with Crippen molar-refractivity contribution in [3.63, 3.8) is 0 Å². The summed E-state index contributed by atoms with van der Waals surface area (Å²) in [4.78, 5) is 3.14. The molecule has 6 nitrogen and oxygen atoms in total. The number of primary sulfonamides is 1. The Morgan fingerprint density at radius 2 is 2.12 bits per heavy atom. The molecule has 1 heterocycles. The number of alkyl halides is 2. The van der Waals surface area contributed by atoms with Crippen molar-refractivity contribution in [2.75, 3.05) is 0 Å². The minimum Gasteiger partial charge on any atom is -0.504 e. The Morgan fingerprint density at radius 1 is 1.56 bits per heavy atom. The molecule has 0 saturated carbocycles. The summed E-state index contributed by atoms with van der Waals surface area (Å²) in [7, 11) is -4.42. The third kappa shape index (κ3) is 2.07. The molecule has 9 heteroatoms. The molecule has 0 saturated heterocycles. The quantitative estimate of drug-likeness (QED) is 0.778. The first-order chi connectivity index (χ1) is 7.29. The van der Waals surface area contributed by atoms with Crippen LogP contribution in [-0.2, 0) is 10.0 Å². The average Bonchev–Trinajstić information content (AvgIpc) is 2.14. The molecule has 16 heavy (non-hydrogen) atoms. The summed E-state index contributed by atoms with van der Waals surface area (Å²) in [5, 5.41) is 21.3. The Hall–Kier alpha value is -1.79. The van der Waals surface area contributed by atoms with Crippen molar-refractivity contribution >= 4 is 10.0 Å². The average molecular weight is 249 g/mol. The van der Waals surface area contributed by atoms with E-state index in [0.29, 0.717) is 6.20 Å². The number of hydrogen-bond donors (Lipinski definition) is 2. The van der Waals surface area contributed by atoms with Crippen LogP contribution < -0.4 is 5.14 Å². The smallest absolute Gasteiger partial charge is 0.268 e.